The van der Waals surface area contributed by atoms with Gasteiger partial charge in [-0.05, 0) is 27.6 Å². The molecule has 0 spiro atoms. The lowest BCUT2D eigenvalue weighted by atomic mass is 9.79. The molecule has 0 radical (unpaired) electrons. The highest BCUT2D eigenvalue weighted by atomic mass is 79.9. The predicted molar refractivity (Wildman–Crippen MR) is 51.0 cm³/mol. The van der Waals surface area contributed by atoms with Crippen LogP contribution in [0.2, 0.25) is 0 Å². The molecule has 3 N–H and O–H groups in total. The van der Waals surface area contributed by atoms with Crippen molar-refractivity contribution in [2.45, 2.75) is 6.61 Å². The van der Waals surface area contributed by atoms with Crippen LogP contribution in [0.25, 0.3) is 0 Å². The summed E-state index contributed by atoms with van der Waals surface area (Å²) in [6, 6.07) is 3.66. The number of rotatable bonds is 0. The molecule has 0 aromatic heterocycles. The molecule has 1 heterocycles. The molecule has 0 saturated carbocycles. The van der Waals surface area contributed by atoms with E-state index in [9.17, 15) is 5.02 Å². The summed E-state index contributed by atoms with van der Waals surface area (Å²) in [7, 11) is -0.835. The number of benzene rings is 1. The van der Waals surface area contributed by atoms with Crippen LogP contribution in [0.1, 0.15) is 5.56 Å². The minimum Gasteiger partial charge on any atom is -0.423 e. The Hall–Kier alpha value is -0.515. The molecule has 3 nitrogen and oxygen atoms in total. The fourth-order valence-electron chi connectivity index (χ4n) is 1.29. The first kappa shape index (κ1) is 8.10. The van der Waals surface area contributed by atoms with Crippen LogP contribution < -0.4 is 11.2 Å². The molecule has 1 aliphatic heterocycles. The molecule has 0 unspecified atom stereocenters. The molecule has 5 heteroatoms. The lowest BCUT2D eigenvalue weighted by molar-refractivity contribution is 0.275. The number of nitrogens with two attached hydrogens (primary N) is 1. The summed E-state index contributed by atoms with van der Waals surface area (Å²) >= 11 is 3.31. The van der Waals surface area contributed by atoms with Gasteiger partial charge < -0.3 is 15.4 Å². The van der Waals surface area contributed by atoms with E-state index in [-0.39, 0.29) is 0 Å². The first-order valence-corrected chi connectivity index (χ1v) is 4.36. The van der Waals surface area contributed by atoms with Gasteiger partial charge in [-0.15, -0.1) is 0 Å². The first-order valence-electron chi connectivity index (χ1n) is 3.56. The lowest BCUT2D eigenvalue weighted by Gasteiger charge is -2.04. The van der Waals surface area contributed by atoms with Gasteiger partial charge in [0.1, 0.15) is 0 Å². The minimum absolute atomic E-state index is 0.454. The zero-order valence-corrected chi connectivity index (χ0v) is 7.84. The fourth-order valence-corrected chi connectivity index (χ4v) is 1.88. The van der Waals surface area contributed by atoms with Gasteiger partial charge in [0.15, 0.2) is 0 Å². The Kier molecular flexibility index (Phi) is 1.86. The third-order valence-electron chi connectivity index (χ3n) is 1.94. The summed E-state index contributed by atoms with van der Waals surface area (Å²) < 4.78 is 5.77. The average Bonchev–Trinajstić information content (AvgIpc) is 2.41. The van der Waals surface area contributed by atoms with Crippen molar-refractivity contribution < 1.29 is 9.68 Å². The standard InChI is InChI=1S/C7H7BBrNO2/c9-7-5(10)2-1-4-3-12-8(11)6(4)7/h1-2,11H,3,10H2. The second-order valence-electron chi connectivity index (χ2n) is 2.70. The van der Waals surface area contributed by atoms with Crippen LogP contribution in [0.15, 0.2) is 16.6 Å². The molecule has 1 aromatic rings. The van der Waals surface area contributed by atoms with Gasteiger partial charge in [-0.25, -0.2) is 0 Å². The zero-order valence-electron chi connectivity index (χ0n) is 6.25. The predicted octanol–water partition coefficient (Wildman–Crippen LogP) is 0.249. The molecule has 0 fully saturated rings. The number of fused-ring (bicyclic) bond motifs is 1. The van der Waals surface area contributed by atoms with Crippen LogP contribution in [-0.4, -0.2) is 12.1 Å². The van der Waals surface area contributed by atoms with E-state index in [0.717, 1.165) is 15.5 Å². The molecular weight excluding hydrogens is 221 g/mol. The van der Waals surface area contributed by atoms with Crippen molar-refractivity contribution in [3.8, 4) is 0 Å². The van der Waals surface area contributed by atoms with Crippen molar-refractivity contribution >= 4 is 34.2 Å². The molecule has 12 heavy (non-hydrogen) atoms. The van der Waals surface area contributed by atoms with E-state index in [0.29, 0.717) is 12.3 Å². The SMILES string of the molecule is Nc1ccc2c(c1Br)B(O)OC2. The topological polar surface area (TPSA) is 55.5 Å². The van der Waals surface area contributed by atoms with Crippen molar-refractivity contribution in [2.75, 3.05) is 5.73 Å². The van der Waals surface area contributed by atoms with Gasteiger partial charge in [-0.3, -0.25) is 0 Å². The number of hydrogen-bond acceptors (Lipinski definition) is 3. The first-order chi connectivity index (χ1) is 5.70. The van der Waals surface area contributed by atoms with E-state index < -0.39 is 7.12 Å². The van der Waals surface area contributed by atoms with Gasteiger partial charge in [-0.1, -0.05) is 6.07 Å². The number of hydrogen-bond donors (Lipinski definition) is 2. The maximum absolute atomic E-state index is 9.38. The number of halogens is 1. The molecule has 0 saturated heterocycles. The average molecular weight is 228 g/mol. The molecule has 1 aromatic carbocycles. The monoisotopic (exact) mass is 227 g/mol. The van der Waals surface area contributed by atoms with Crippen LogP contribution in [0.5, 0.6) is 0 Å². The summed E-state index contributed by atoms with van der Waals surface area (Å²) in [6.07, 6.45) is 0. The van der Waals surface area contributed by atoms with Gasteiger partial charge in [0.25, 0.3) is 0 Å². The van der Waals surface area contributed by atoms with E-state index in [2.05, 4.69) is 15.9 Å². The summed E-state index contributed by atoms with van der Waals surface area (Å²) in [5, 5.41) is 9.38. The molecule has 0 bridgehead atoms. The Morgan fingerprint density at radius 2 is 2.33 bits per heavy atom. The summed E-state index contributed by atoms with van der Waals surface area (Å²) in [4.78, 5) is 0. The van der Waals surface area contributed by atoms with E-state index in [1.807, 2.05) is 6.07 Å². The zero-order chi connectivity index (χ0) is 8.72. The van der Waals surface area contributed by atoms with Crippen molar-refractivity contribution in [2.24, 2.45) is 0 Å². The normalized spacial score (nSPS) is 15.0. The fraction of sp³-hybridized carbons (Fsp3) is 0.143. The lowest BCUT2D eigenvalue weighted by Crippen LogP contribution is -2.29. The Morgan fingerprint density at radius 3 is 3.08 bits per heavy atom. The third-order valence-corrected chi connectivity index (χ3v) is 2.83. The van der Waals surface area contributed by atoms with Crippen LogP contribution in [-0.2, 0) is 11.3 Å². The maximum atomic E-state index is 9.38. The highest BCUT2D eigenvalue weighted by molar-refractivity contribution is 9.10. The van der Waals surface area contributed by atoms with E-state index >= 15 is 0 Å². The minimum atomic E-state index is -0.835. The van der Waals surface area contributed by atoms with Gasteiger partial charge in [0.05, 0.1) is 6.61 Å². The molecule has 0 amide bonds. The van der Waals surface area contributed by atoms with Crippen molar-refractivity contribution in [3.05, 3.63) is 22.2 Å². The second kappa shape index (κ2) is 2.76. The number of anilines is 1. The number of nitrogen functional groups attached to an aromatic ring is 1. The Bertz CT molecular complexity index is 331. The smallest absolute Gasteiger partial charge is 0.423 e. The molecule has 1 aliphatic rings. The van der Waals surface area contributed by atoms with Crippen LogP contribution >= 0.6 is 15.9 Å². The largest absolute Gasteiger partial charge is 0.493 e. The van der Waals surface area contributed by atoms with Gasteiger partial charge in [0.2, 0.25) is 0 Å². The molecule has 0 aliphatic carbocycles. The molecular formula is C7H7BBrNO2. The van der Waals surface area contributed by atoms with Crippen molar-refractivity contribution in [1.29, 1.82) is 0 Å². The van der Waals surface area contributed by atoms with Crippen LogP contribution in [0.4, 0.5) is 5.69 Å². The quantitative estimate of drug-likeness (QED) is 0.494. The van der Waals surface area contributed by atoms with Gasteiger partial charge in [0, 0.05) is 15.6 Å². The summed E-state index contributed by atoms with van der Waals surface area (Å²) in [5.41, 5.74) is 8.01. The Balaban J connectivity index is 2.63. The van der Waals surface area contributed by atoms with E-state index in [1.54, 1.807) is 6.07 Å². The van der Waals surface area contributed by atoms with E-state index in [4.69, 9.17) is 10.4 Å². The second-order valence-corrected chi connectivity index (χ2v) is 3.50. The molecule has 0 atom stereocenters. The third kappa shape index (κ3) is 1.05. The van der Waals surface area contributed by atoms with Gasteiger partial charge >= 0.3 is 7.12 Å². The highest BCUT2D eigenvalue weighted by Gasteiger charge is 2.30. The summed E-state index contributed by atoms with van der Waals surface area (Å²) in [5.74, 6) is 0. The van der Waals surface area contributed by atoms with Crippen molar-refractivity contribution in [1.82, 2.24) is 0 Å². The van der Waals surface area contributed by atoms with Crippen LogP contribution in [0, 0.1) is 0 Å². The molecule has 62 valence electrons. The van der Waals surface area contributed by atoms with Crippen LogP contribution in [0.3, 0.4) is 0 Å². The maximum Gasteiger partial charge on any atom is 0.493 e. The van der Waals surface area contributed by atoms with E-state index in [1.165, 1.54) is 0 Å². The summed E-state index contributed by atoms with van der Waals surface area (Å²) in [6.45, 7) is 0.454. The van der Waals surface area contributed by atoms with Crippen molar-refractivity contribution in [3.63, 3.8) is 0 Å². The van der Waals surface area contributed by atoms with Gasteiger partial charge in [-0.2, -0.15) is 0 Å². The Labute approximate surface area is 78.8 Å². The molecule has 2 rings (SSSR count). The highest BCUT2D eigenvalue weighted by Crippen LogP contribution is 2.22. The Morgan fingerprint density at radius 1 is 1.58 bits per heavy atom.